The topological polar surface area (TPSA) is 9.23 Å². The third-order valence-corrected chi connectivity index (χ3v) is 4.02. The second-order valence-corrected chi connectivity index (χ2v) is 5.29. The van der Waals surface area contributed by atoms with Gasteiger partial charge >= 0.3 is 0 Å². The number of alkyl halides is 1. The van der Waals surface area contributed by atoms with E-state index < -0.39 is 0 Å². The molecule has 1 rings (SSSR count). The van der Waals surface area contributed by atoms with Crippen LogP contribution in [0.5, 0.6) is 0 Å². The molecule has 1 heterocycles. The highest BCUT2D eigenvalue weighted by atomic mass is 79.9. The summed E-state index contributed by atoms with van der Waals surface area (Å²) in [5.74, 6) is 0.949. The molecule has 0 aliphatic carbocycles. The Morgan fingerprint density at radius 3 is 2.69 bits per heavy atom. The van der Waals surface area contributed by atoms with Crippen molar-refractivity contribution in [3.05, 3.63) is 0 Å². The molecule has 13 heavy (non-hydrogen) atoms. The van der Waals surface area contributed by atoms with Crippen molar-refractivity contribution in [1.82, 2.24) is 0 Å². The fourth-order valence-corrected chi connectivity index (χ4v) is 2.19. The van der Waals surface area contributed by atoms with Crippen LogP contribution >= 0.6 is 15.9 Å². The number of ether oxygens (including phenoxy) is 1. The van der Waals surface area contributed by atoms with Crippen molar-refractivity contribution in [2.45, 2.75) is 50.3 Å². The second-order valence-electron chi connectivity index (χ2n) is 3.99. The minimum absolute atomic E-state index is 0.743. The highest BCUT2D eigenvalue weighted by Crippen LogP contribution is 2.22. The van der Waals surface area contributed by atoms with E-state index in [1.54, 1.807) is 0 Å². The van der Waals surface area contributed by atoms with E-state index in [2.05, 4.69) is 22.9 Å². The Balaban J connectivity index is 1.98. The van der Waals surface area contributed by atoms with Crippen LogP contribution in [0, 0.1) is 5.92 Å². The third-order valence-electron chi connectivity index (χ3n) is 2.91. The molecule has 1 atom stereocenters. The van der Waals surface area contributed by atoms with Crippen molar-refractivity contribution < 1.29 is 4.74 Å². The van der Waals surface area contributed by atoms with Gasteiger partial charge in [0.05, 0.1) is 0 Å². The van der Waals surface area contributed by atoms with Gasteiger partial charge in [0.15, 0.2) is 0 Å². The first kappa shape index (κ1) is 11.5. The van der Waals surface area contributed by atoms with E-state index >= 15 is 0 Å². The molecule has 0 spiro atoms. The van der Waals surface area contributed by atoms with Crippen LogP contribution in [0.2, 0.25) is 0 Å². The van der Waals surface area contributed by atoms with Crippen molar-refractivity contribution >= 4 is 15.9 Å². The standard InChI is InChI=1S/C11H21BrO/c1-2-11(12)5-3-4-10-6-8-13-9-7-10/h10-11H,2-9H2,1H3. The van der Waals surface area contributed by atoms with Gasteiger partial charge < -0.3 is 4.74 Å². The van der Waals surface area contributed by atoms with Crippen molar-refractivity contribution in [1.29, 1.82) is 0 Å². The number of hydrogen-bond donors (Lipinski definition) is 0. The molecule has 1 saturated heterocycles. The summed E-state index contributed by atoms with van der Waals surface area (Å²) in [7, 11) is 0. The summed E-state index contributed by atoms with van der Waals surface area (Å²) in [5.41, 5.74) is 0. The van der Waals surface area contributed by atoms with Gasteiger partial charge in [0.1, 0.15) is 0 Å². The lowest BCUT2D eigenvalue weighted by molar-refractivity contribution is 0.0631. The van der Waals surface area contributed by atoms with Crippen molar-refractivity contribution in [3.63, 3.8) is 0 Å². The number of rotatable bonds is 5. The molecule has 1 nitrogen and oxygen atoms in total. The zero-order valence-corrected chi connectivity index (χ0v) is 10.2. The monoisotopic (exact) mass is 248 g/mol. The van der Waals surface area contributed by atoms with Crippen LogP contribution in [0.4, 0.5) is 0 Å². The minimum Gasteiger partial charge on any atom is -0.381 e. The molecule has 1 aliphatic heterocycles. The molecular formula is C11H21BrO. The maximum absolute atomic E-state index is 5.34. The third kappa shape index (κ3) is 5.02. The molecule has 0 amide bonds. The first-order valence-corrected chi connectivity index (χ1v) is 6.46. The number of hydrogen-bond acceptors (Lipinski definition) is 1. The van der Waals surface area contributed by atoms with Gasteiger partial charge in [-0.15, -0.1) is 0 Å². The van der Waals surface area contributed by atoms with Crippen molar-refractivity contribution in [2.24, 2.45) is 5.92 Å². The SMILES string of the molecule is CCC(Br)CCCC1CCOCC1. The van der Waals surface area contributed by atoms with E-state index in [1.165, 1.54) is 38.5 Å². The lowest BCUT2D eigenvalue weighted by Crippen LogP contribution is -2.15. The van der Waals surface area contributed by atoms with E-state index in [0.717, 1.165) is 24.0 Å². The quantitative estimate of drug-likeness (QED) is 0.674. The van der Waals surface area contributed by atoms with Crippen LogP contribution < -0.4 is 0 Å². The average Bonchev–Trinajstić information content (AvgIpc) is 2.19. The molecule has 1 unspecified atom stereocenters. The van der Waals surface area contributed by atoms with E-state index in [-0.39, 0.29) is 0 Å². The van der Waals surface area contributed by atoms with Crippen molar-refractivity contribution in [3.8, 4) is 0 Å². The fourth-order valence-electron chi connectivity index (χ4n) is 1.87. The fraction of sp³-hybridized carbons (Fsp3) is 1.00. The van der Waals surface area contributed by atoms with Crippen LogP contribution in [-0.2, 0) is 4.74 Å². The molecule has 0 aromatic rings. The van der Waals surface area contributed by atoms with Gasteiger partial charge in [0.2, 0.25) is 0 Å². The zero-order valence-electron chi connectivity index (χ0n) is 8.60. The molecular weight excluding hydrogens is 228 g/mol. The maximum Gasteiger partial charge on any atom is 0.0468 e. The summed E-state index contributed by atoms with van der Waals surface area (Å²) in [6.45, 7) is 4.24. The molecule has 0 aromatic heterocycles. The molecule has 0 saturated carbocycles. The second kappa shape index (κ2) is 6.83. The molecule has 1 aliphatic rings. The Bertz CT molecular complexity index is 121. The van der Waals surface area contributed by atoms with Gasteiger partial charge in [-0.25, -0.2) is 0 Å². The van der Waals surface area contributed by atoms with Crippen molar-refractivity contribution in [2.75, 3.05) is 13.2 Å². The van der Waals surface area contributed by atoms with Crippen LogP contribution in [-0.4, -0.2) is 18.0 Å². The van der Waals surface area contributed by atoms with Gasteiger partial charge in [-0.2, -0.15) is 0 Å². The summed E-state index contributed by atoms with van der Waals surface area (Å²) in [6.07, 6.45) is 7.97. The van der Waals surface area contributed by atoms with Crippen LogP contribution in [0.1, 0.15) is 45.4 Å². The lowest BCUT2D eigenvalue weighted by Gasteiger charge is -2.22. The highest BCUT2D eigenvalue weighted by Gasteiger charge is 2.13. The predicted molar refractivity (Wildman–Crippen MR) is 60.4 cm³/mol. The normalized spacial score (nSPS) is 21.7. The smallest absolute Gasteiger partial charge is 0.0468 e. The molecule has 0 radical (unpaired) electrons. The van der Waals surface area contributed by atoms with E-state index in [1.807, 2.05) is 0 Å². The van der Waals surface area contributed by atoms with Crippen LogP contribution in [0.3, 0.4) is 0 Å². The van der Waals surface area contributed by atoms with Crippen LogP contribution in [0.15, 0.2) is 0 Å². The molecule has 0 aromatic carbocycles. The predicted octanol–water partition coefficient (Wildman–Crippen LogP) is 3.76. The largest absolute Gasteiger partial charge is 0.381 e. The minimum atomic E-state index is 0.743. The Labute approximate surface area is 90.4 Å². The summed E-state index contributed by atoms with van der Waals surface area (Å²) < 4.78 is 5.34. The number of halogens is 1. The molecule has 0 bridgehead atoms. The van der Waals surface area contributed by atoms with Gasteiger partial charge in [-0.05, 0) is 31.6 Å². The molecule has 78 valence electrons. The first-order valence-electron chi connectivity index (χ1n) is 5.54. The summed E-state index contributed by atoms with van der Waals surface area (Å²) in [5, 5.41) is 0. The Hall–Kier alpha value is 0.440. The molecule has 1 fully saturated rings. The van der Waals surface area contributed by atoms with Gasteiger partial charge in [-0.3, -0.25) is 0 Å². The lowest BCUT2D eigenvalue weighted by atomic mass is 9.94. The zero-order chi connectivity index (χ0) is 9.52. The van der Waals surface area contributed by atoms with Gasteiger partial charge in [0, 0.05) is 18.0 Å². The highest BCUT2D eigenvalue weighted by molar-refractivity contribution is 9.09. The van der Waals surface area contributed by atoms with E-state index in [9.17, 15) is 0 Å². The molecule has 2 heteroatoms. The first-order chi connectivity index (χ1) is 6.33. The maximum atomic E-state index is 5.34. The summed E-state index contributed by atoms with van der Waals surface area (Å²) in [6, 6.07) is 0. The Morgan fingerprint density at radius 1 is 1.38 bits per heavy atom. The van der Waals surface area contributed by atoms with Gasteiger partial charge in [0.25, 0.3) is 0 Å². The molecule has 0 N–H and O–H groups in total. The summed E-state index contributed by atoms with van der Waals surface area (Å²) >= 11 is 3.68. The van der Waals surface area contributed by atoms with E-state index in [0.29, 0.717) is 0 Å². The summed E-state index contributed by atoms with van der Waals surface area (Å²) in [4.78, 5) is 0.743. The van der Waals surface area contributed by atoms with Crippen LogP contribution in [0.25, 0.3) is 0 Å². The van der Waals surface area contributed by atoms with Gasteiger partial charge in [-0.1, -0.05) is 35.7 Å². The Morgan fingerprint density at radius 2 is 2.08 bits per heavy atom. The average molecular weight is 249 g/mol. The van der Waals surface area contributed by atoms with E-state index in [4.69, 9.17) is 4.74 Å². The Kier molecular flexibility index (Phi) is 6.05.